The summed E-state index contributed by atoms with van der Waals surface area (Å²) in [4.78, 5) is 12.2. The van der Waals surface area contributed by atoms with E-state index in [4.69, 9.17) is 14.2 Å². The van der Waals surface area contributed by atoms with Gasteiger partial charge in [0.15, 0.2) is 0 Å². The minimum Gasteiger partial charge on any atom is -0.461 e. The van der Waals surface area contributed by atoms with E-state index < -0.39 is 5.60 Å². The number of rotatable bonds is 4. The third-order valence-electron chi connectivity index (χ3n) is 4.84. The van der Waals surface area contributed by atoms with E-state index in [1.807, 2.05) is 45.1 Å². The molecule has 21 heavy (non-hydrogen) atoms. The average molecular weight is 288 g/mol. The number of carbonyl (C=O) groups is 1. The molecule has 2 heterocycles. The fourth-order valence-electron chi connectivity index (χ4n) is 3.61. The van der Waals surface area contributed by atoms with E-state index in [0.717, 1.165) is 5.56 Å². The summed E-state index contributed by atoms with van der Waals surface area (Å²) in [5.74, 6) is -0.0114. The Labute approximate surface area is 126 Å². The van der Waals surface area contributed by atoms with Crippen molar-refractivity contribution in [1.29, 1.82) is 0 Å². The van der Waals surface area contributed by atoms with Gasteiger partial charge in [0, 0.05) is 5.92 Å². The van der Waals surface area contributed by atoms with Crippen molar-refractivity contribution in [3.8, 4) is 0 Å². The normalized spacial score (nSPS) is 37.6. The van der Waals surface area contributed by atoms with Crippen molar-refractivity contribution in [3.05, 3.63) is 35.9 Å². The number of hydrogen-bond donors (Lipinski definition) is 0. The highest BCUT2D eigenvalue weighted by Crippen LogP contribution is 2.49. The summed E-state index contributed by atoms with van der Waals surface area (Å²) in [6, 6.07) is 9.74. The zero-order valence-corrected chi connectivity index (χ0v) is 12.7. The summed E-state index contributed by atoms with van der Waals surface area (Å²) < 4.78 is 17.4. The predicted octanol–water partition coefficient (Wildman–Crippen LogP) is 1.27. The van der Waals surface area contributed by atoms with Gasteiger partial charge in [-0.05, 0) is 12.5 Å². The van der Waals surface area contributed by atoms with Crippen LogP contribution in [-0.4, -0.2) is 37.6 Å². The van der Waals surface area contributed by atoms with Crippen LogP contribution in [0.25, 0.3) is 0 Å². The van der Waals surface area contributed by atoms with Gasteiger partial charge >= 0.3 is 5.97 Å². The van der Waals surface area contributed by atoms with Gasteiger partial charge < -0.3 is 14.2 Å². The van der Waals surface area contributed by atoms with Crippen LogP contribution < -0.4 is 0 Å². The maximum atomic E-state index is 12.2. The van der Waals surface area contributed by atoms with Crippen LogP contribution in [0.3, 0.4) is 0 Å². The summed E-state index contributed by atoms with van der Waals surface area (Å²) in [5.41, 5.74) is 0.461. The molecule has 0 aliphatic carbocycles. The zero-order chi connectivity index (χ0) is 15.0. The van der Waals surface area contributed by atoms with Crippen LogP contribution in [0.1, 0.15) is 25.8 Å². The molecule has 3 rings (SSSR count). The van der Waals surface area contributed by atoms with Crippen molar-refractivity contribution in [2.45, 2.75) is 50.7 Å². The van der Waals surface area contributed by atoms with E-state index >= 15 is 0 Å². The van der Waals surface area contributed by atoms with Gasteiger partial charge in [-0.1, -0.05) is 37.3 Å². The number of hydrogen-bond acceptors (Lipinski definition) is 4. The molecule has 2 fully saturated rings. The van der Waals surface area contributed by atoms with Crippen LogP contribution in [0.2, 0.25) is 0 Å². The lowest BCUT2D eigenvalue weighted by atomic mass is 9.82. The SMILES string of the molecule is B[C@@H]1O[C@]2(CC(=O)OCc3ccccc3)C(C)C1O[C@H]2C. The summed E-state index contributed by atoms with van der Waals surface area (Å²) >= 11 is 0. The maximum absolute atomic E-state index is 12.2. The van der Waals surface area contributed by atoms with E-state index in [-0.39, 0.29) is 36.5 Å². The predicted molar refractivity (Wildman–Crippen MR) is 80.5 cm³/mol. The first-order chi connectivity index (χ1) is 10.0. The maximum Gasteiger partial charge on any atom is 0.309 e. The van der Waals surface area contributed by atoms with Crippen LogP contribution >= 0.6 is 0 Å². The molecule has 2 saturated heterocycles. The molecule has 2 aliphatic rings. The van der Waals surface area contributed by atoms with E-state index in [1.165, 1.54) is 0 Å². The summed E-state index contributed by atoms with van der Waals surface area (Å²) in [6.07, 6.45) is 0.267. The van der Waals surface area contributed by atoms with Crippen molar-refractivity contribution >= 4 is 13.8 Å². The van der Waals surface area contributed by atoms with Crippen LogP contribution in [-0.2, 0) is 25.6 Å². The van der Waals surface area contributed by atoms with Gasteiger partial charge in [-0.3, -0.25) is 4.79 Å². The third-order valence-corrected chi connectivity index (χ3v) is 4.84. The third kappa shape index (κ3) is 2.49. The van der Waals surface area contributed by atoms with Gasteiger partial charge in [0.1, 0.15) is 20.1 Å². The standard InChI is InChI=1S/C16H21BO4/c1-10-14-15(17)21-16(10,11(2)20-14)8-13(18)19-9-12-6-4-3-5-7-12/h3-7,10-11,14-15H,8-9,17H2,1-2H3/t10?,11-,14?,15+,16+/m0/s1. The molecule has 4 nitrogen and oxygen atoms in total. The Balaban J connectivity index is 1.62. The number of ether oxygens (including phenoxy) is 3. The van der Waals surface area contributed by atoms with Gasteiger partial charge in [0.25, 0.3) is 0 Å². The van der Waals surface area contributed by atoms with E-state index in [1.54, 1.807) is 0 Å². The fourth-order valence-corrected chi connectivity index (χ4v) is 3.61. The molecule has 2 unspecified atom stereocenters. The van der Waals surface area contributed by atoms with Gasteiger partial charge in [0.05, 0.1) is 24.6 Å². The highest BCUT2D eigenvalue weighted by atomic mass is 16.6. The first-order valence-corrected chi connectivity index (χ1v) is 7.56. The molecule has 112 valence electrons. The molecule has 2 aliphatic heterocycles. The smallest absolute Gasteiger partial charge is 0.309 e. The topological polar surface area (TPSA) is 44.8 Å². The first kappa shape index (κ1) is 14.6. The monoisotopic (exact) mass is 288 g/mol. The quantitative estimate of drug-likeness (QED) is 0.618. The highest BCUT2D eigenvalue weighted by molar-refractivity contribution is 6.11. The van der Waals surface area contributed by atoms with E-state index in [9.17, 15) is 4.79 Å². The molecule has 1 aromatic rings. The Kier molecular flexibility index (Phi) is 3.80. The van der Waals surface area contributed by atoms with Crippen molar-refractivity contribution in [2.24, 2.45) is 5.92 Å². The molecular formula is C16H21BO4. The van der Waals surface area contributed by atoms with Crippen LogP contribution in [0.5, 0.6) is 0 Å². The van der Waals surface area contributed by atoms with Gasteiger partial charge in [0.2, 0.25) is 0 Å². The molecule has 0 radical (unpaired) electrons. The molecule has 0 aromatic heterocycles. The largest absolute Gasteiger partial charge is 0.461 e. The van der Waals surface area contributed by atoms with Crippen LogP contribution in [0.4, 0.5) is 0 Å². The lowest BCUT2D eigenvalue weighted by Crippen LogP contribution is -2.46. The Morgan fingerprint density at radius 2 is 2.05 bits per heavy atom. The molecule has 0 amide bonds. The Morgan fingerprint density at radius 1 is 1.33 bits per heavy atom. The second-order valence-corrected chi connectivity index (χ2v) is 6.13. The fraction of sp³-hybridized carbons (Fsp3) is 0.562. The summed E-state index contributed by atoms with van der Waals surface area (Å²) in [7, 11) is 2.00. The number of esters is 1. The molecule has 2 bridgehead atoms. The minimum absolute atomic E-state index is 0.0399. The molecule has 5 heteroatoms. The van der Waals surface area contributed by atoms with E-state index in [0.29, 0.717) is 6.61 Å². The van der Waals surface area contributed by atoms with Crippen molar-refractivity contribution in [2.75, 3.05) is 0 Å². The number of fused-ring (bicyclic) bond motifs is 2. The summed E-state index contributed by atoms with van der Waals surface area (Å²) in [6.45, 7) is 4.38. The molecule has 0 N–H and O–H groups in total. The second-order valence-electron chi connectivity index (χ2n) is 6.13. The van der Waals surface area contributed by atoms with Crippen LogP contribution in [0.15, 0.2) is 30.3 Å². The van der Waals surface area contributed by atoms with Gasteiger partial charge in [-0.25, -0.2) is 0 Å². The lowest BCUT2D eigenvalue weighted by Gasteiger charge is -2.35. The molecule has 1 aromatic carbocycles. The zero-order valence-electron chi connectivity index (χ0n) is 12.7. The van der Waals surface area contributed by atoms with Crippen molar-refractivity contribution in [1.82, 2.24) is 0 Å². The number of carbonyl (C=O) groups excluding carboxylic acids is 1. The van der Waals surface area contributed by atoms with Crippen LogP contribution in [0, 0.1) is 5.92 Å². The first-order valence-electron chi connectivity index (χ1n) is 7.56. The van der Waals surface area contributed by atoms with E-state index in [2.05, 4.69) is 6.92 Å². The Hall–Kier alpha value is -1.33. The average Bonchev–Trinajstić information content (AvgIpc) is 2.84. The molecule has 5 atom stereocenters. The molecule has 0 spiro atoms. The van der Waals surface area contributed by atoms with Gasteiger partial charge in [-0.2, -0.15) is 0 Å². The van der Waals surface area contributed by atoms with Crippen molar-refractivity contribution < 1.29 is 19.0 Å². The van der Waals surface area contributed by atoms with Gasteiger partial charge in [-0.15, -0.1) is 0 Å². The Morgan fingerprint density at radius 3 is 2.67 bits per heavy atom. The second kappa shape index (κ2) is 5.46. The molecule has 0 saturated carbocycles. The summed E-state index contributed by atoms with van der Waals surface area (Å²) in [5, 5.41) is 0. The van der Waals surface area contributed by atoms with Crippen molar-refractivity contribution in [3.63, 3.8) is 0 Å². The number of benzene rings is 1. The highest BCUT2D eigenvalue weighted by Gasteiger charge is 2.62. The lowest BCUT2D eigenvalue weighted by molar-refractivity contribution is -0.175. The molecular weight excluding hydrogens is 267 g/mol. The Bertz CT molecular complexity index is 520. The minimum atomic E-state index is -0.530.